The zero-order valence-corrected chi connectivity index (χ0v) is 9.00. The SMILES string of the molecule is NC1(C(=O)NCc2ccccc2F)CCC1. The smallest absolute Gasteiger partial charge is 0.240 e. The van der Waals surface area contributed by atoms with E-state index in [2.05, 4.69) is 5.32 Å². The fourth-order valence-corrected chi connectivity index (χ4v) is 1.78. The fourth-order valence-electron chi connectivity index (χ4n) is 1.78. The van der Waals surface area contributed by atoms with Crippen LogP contribution < -0.4 is 11.1 Å². The number of hydrogen-bond acceptors (Lipinski definition) is 2. The van der Waals surface area contributed by atoms with Gasteiger partial charge >= 0.3 is 0 Å². The normalized spacial score (nSPS) is 17.6. The number of nitrogens with one attached hydrogen (secondary N) is 1. The molecule has 0 radical (unpaired) electrons. The third kappa shape index (κ3) is 2.07. The molecule has 3 N–H and O–H groups in total. The van der Waals surface area contributed by atoms with Gasteiger partial charge in [-0.05, 0) is 25.3 Å². The average molecular weight is 222 g/mol. The lowest BCUT2D eigenvalue weighted by Gasteiger charge is -2.36. The van der Waals surface area contributed by atoms with Crippen molar-refractivity contribution in [3.05, 3.63) is 35.6 Å². The van der Waals surface area contributed by atoms with E-state index in [0.29, 0.717) is 5.56 Å². The lowest BCUT2D eigenvalue weighted by molar-refractivity contribution is -0.129. The van der Waals surface area contributed by atoms with Gasteiger partial charge in [0.15, 0.2) is 0 Å². The van der Waals surface area contributed by atoms with Crippen molar-refractivity contribution in [2.75, 3.05) is 0 Å². The van der Waals surface area contributed by atoms with Crippen LogP contribution in [-0.2, 0) is 11.3 Å². The highest BCUT2D eigenvalue weighted by Crippen LogP contribution is 2.29. The second kappa shape index (κ2) is 4.22. The van der Waals surface area contributed by atoms with Gasteiger partial charge in [-0.3, -0.25) is 4.79 Å². The number of halogens is 1. The standard InChI is InChI=1S/C12H15FN2O/c13-10-5-2-1-4-9(10)8-15-11(16)12(14)6-3-7-12/h1-2,4-5H,3,6-8,14H2,(H,15,16). The zero-order chi connectivity index (χ0) is 11.6. The van der Waals surface area contributed by atoms with E-state index in [-0.39, 0.29) is 18.3 Å². The Hall–Kier alpha value is -1.42. The molecule has 1 aliphatic carbocycles. The van der Waals surface area contributed by atoms with Crippen LogP contribution in [0.15, 0.2) is 24.3 Å². The third-order valence-electron chi connectivity index (χ3n) is 3.10. The van der Waals surface area contributed by atoms with E-state index in [0.717, 1.165) is 19.3 Å². The van der Waals surface area contributed by atoms with Crippen LogP contribution in [0.25, 0.3) is 0 Å². The maximum atomic E-state index is 13.2. The summed E-state index contributed by atoms with van der Waals surface area (Å²) in [5.74, 6) is -0.482. The van der Waals surface area contributed by atoms with E-state index in [9.17, 15) is 9.18 Å². The van der Waals surface area contributed by atoms with E-state index in [1.807, 2.05) is 0 Å². The molecule has 2 rings (SSSR count). The molecule has 4 heteroatoms. The molecular weight excluding hydrogens is 207 g/mol. The molecule has 0 bridgehead atoms. The molecule has 1 saturated carbocycles. The first-order valence-corrected chi connectivity index (χ1v) is 5.42. The van der Waals surface area contributed by atoms with Crippen molar-refractivity contribution >= 4 is 5.91 Å². The number of carbonyl (C=O) groups excluding carboxylic acids is 1. The molecular formula is C12H15FN2O. The largest absolute Gasteiger partial charge is 0.350 e. The predicted octanol–water partition coefficient (Wildman–Crippen LogP) is 1.32. The summed E-state index contributed by atoms with van der Waals surface area (Å²) in [6.45, 7) is 0.199. The molecule has 1 aromatic carbocycles. The lowest BCUT2D eigenvalue weighted by Crippen LogP contribution is -2.58. The highest BCUT2D eigenvalue weighted by Gasteiger charge is 2.39. The monoisotopic (exact) mass is 222 g/mol. The van der Waals surface area contributed by atoms with Gasteiger partial charge in [0.25, 0.3) is 0 Å². The molecule has 1 aliphatic rings. The van der Waals surface area contributed by atoms with Gasteiger partial charge < -0.3 is 11.1 Å². The van der Waals surface area contributed by atoms with Crippen LogP contribution in [-0.4, -0.2) is 11.4 Å². The quantitative estimate of drug-likeness (QED) is 0.810. The number of carbonyl (C=O) groups is 1. The Morgan fingerprint density at radius 3 is 2.69 bits per heavy atom. The molecule has 1 fully saturated rings. The summed E-state index contributed by atoms with van der Waals surface area (Å²) in [5.41, 5.74) is 5.61. The van der Waals surface area contributed by atoms with Gasteiger partial charge in [0.2, 0.25) is 5.91 Å². The van der Waals surface area contributed by atoms with Crippen LogP contribution >= 0.6 is 0 Å². The number of nitrogens with two attached hydrogens (primary N) is 1. The van der Waals surface area contributed by atoms with Crippen molar-refractivity contribution < 1.29 is 9.18 Å². The Balaban J connectivity index is 1.93. The third-order valence-corrected chi connectivity index (χ3v) is 3.10. The van der Waals surface area contributed by atoms with Gasteiger partial charge in [0, 0.05) is 12.1 Å². The van der Waals surface area contributed by atoms with E-state index in [1.54, 1.807) is 18.2 Å². The van der Waals surface area contributed by atoms with Crippen molar-refractivity contribution in [1.29, 1.82) is 0 Å². The molecule has 0 heterocycles. The molecule has 86 valence electrons. The maximum Gasteiger partial charge on any atom is 0.240 e. The van der Waals surface area contributed by atoms with Gasteiger partial charge in [0.05, 0.1) is 5.54 Å². The molecule has 1 amide bonds. The Kier molecular flexibility index (Phi) is 2.92. The summed E-state index contributed by atoms with van der Waals surface area (Å²) in [7, 11) is 0. The van der Waals surface area contributed by atoms with Gasteiger partial charge in [-0.15, -0.1) is 0 Å². The Bertz CT molecular complexity index is 402. The number of amides is 1. The zero-order valence-electron chi connectivity index (χ0n) is 9.00. The van der Waals surface area contributed by atoms with Crippen molar-refractivity contribution in [2.24, 2.45) is 5.73 Å². The first kappa shape index (κ1) is 11.1. The predicted molar refractivity (Wildman–Crippen MR) is 59.0 cm³/mol. The summed E-state index contributed by atoms with van der Waals surface area (Å²) in [6, 6.07) is 6.39. The Morgan fingerprint density at radius 2 is 2.12 bits per heavy atom. The fraction of sp³-hybridized carbons (Fsp3) is 0.417. The van der Waals surface area contributed by atoms with E-state index in [1.165, 1.54) is 6.07 Å². The van der Waals surface area contributed by atoms with E-state index in [4.69, 9.17) is 5.73 Å². The minimum atomic E-state index is -0.717. The van der Waals surface area contributed by atoms with Gasteiger partial charge in [-0.2, -0.15) is 0 Å². The molecule has 3 nitrogen and oxygen atoms in total. The van der Waals surface area contributed by atoms with Crippen molar-refractivity contribution in [2.45, 2.75) is 31.3 Å². The second-order valence-electron chi connectivity index (χ2n) is 4.28. The average Bonchev–Trinajstić information content (AvgIpc) is 2.24. The molecule has 0 aromatic heterocycles. The van der Waals surface area contributed by atoms with E-state index >= 15 is 0 Å². The summed E-state index contributed by atoms with van der Waals surface area (Å²) >= 11 is 0. The first-order valence-electron chi connectivity index (χ1n) is 5.42. The second-order valence-corrected chi connectivity index (χ2v) is 4.28. The summed E-state index contributed by atoms with van der Waals surface area (Å²) in [4.78, 5) is 11.7. The van der Waals surface area contributed by atoms with Crippen LogP contribution in [0.1, 0.15) is 24.8 Å². The van der Waals surface area contributed by atoms with Crippen molar-refractivity contribution in [3.8, 4) is 0 Å². The van der Waals surface area contributed by atoms with Crippen LogP contribution in [0.4, 0.5) is 4.39 Å². The van der Waals surface area contributed by atoms with Crippen LogP contribution in [0, 0.1) is 5.82 Å². The van der Waals surface area contributed by atoms with Gasteiger partial charge in [-0.1, -0.05) is 18.2 Å². The van der Waals surface area contributed by atoms with Crippen LogP contribution in [0.3, 0.4) is 0 Å². The number of benzene rings is 1. The topological polar surface area (TPSA) is 55.1 Å². The van der Waals surface area contributed by atoms with E-state index < -0.39 is 5.54 Å². The Morgan fingerprint density at radius 1 is 1.44 bits per heavy atom. The van der Waals surface area contributed by atoms with Crippen molar-refractivity contribution in [1.82, 2.24) is 5.32 Å². The Labute approximate surface area is 93.8 Å². The molecule has 0 saturated heterocycles. The lowest BCUT2D eigenvalue weighted by atomic mass is 9.77. The van der Waals surface area contributed by atoms with Crippen molar-refractivity contribution in [3.63, 3.8) is 0 Å². The molecule has 16 heavy (non-hydrogen) atoms. The van der Waals surface area contributed by atoms with Crippen LogP contribution in [0.5, 0.6) is 0 Å². The summed E-state index contributed by atoms with van der Waals surface area (Å²) in [6.07, 6.45) is 2.43. The van der Waals surface area contributed by atoms with Crippen LogP contribution in [0.2, 0.25) is 0 Å². The molecule has 0 spiro atoms. The molecule has 0 aliphatic heterocycles. The van der Waals surface area contributed by atoms with Gasteiger partial charge in [0.1, 0.15) is 5.82 Å². The molecule has 1 aromatic rings. The van der Waals surface area contributed by atoms with Gasteiger partial charge in [-0.25, -0.2) is 4.39 Å². The minimum absolute atomic E-state index is 0.179. The number of hydrogen-bond donors (Lipinski definition) is 2. The summed E-state index contributed by atoms with van der Waals surface area (Å²) in [5, 5.41) is 2.68. The molecule has 0 unspecified atom stereocenters. The maximum absolute atomic E-state index is 13.2. The first-order chi connectivity index (χ1) is 7.62. The minimum Gasteiger partial charge on any atom is -0.350 e. The summed E-state index contributed by atoms with van der Waals surface area (Å²) < 4.78 is 13.2. The highest BCUT2D eigenvalue weighted by molar-refractivity contribution is 5.86. The highest BCUT2D eigenvalue weighted by atomic mass is 19.1. The number of rotatable bonds is 3. The molecule has 0 atom stereocenters.